The van der Waals surface area contributed by atoms with Gasteiger partial charge < -0.3 is 15.5 Å². The summed E-state index contributed by atoms with van der Waals surface area (Å²) in [5, 5.41) is 11.2. The number of hydrogen-bond acceptors (Lipinski definition) is 5. The smallest absolute Gasteiger partial charge is 0.267 e. The molecule has 1 aliphatic heterocycles. The van der Waals surface area contributed by atoms with E-state index in [1.807, 2.05) is 31.4 Å². The van der Waals surface area contributed by atoms with Gasteiger partial charge in [-0.2, -0.15) is 0 Å². The Morgan fingerprint density at radius 3 is 2.90 bits per heavy atom. The molecule has 114 valence electrons. The zero-order valence-electron chi connectivity index (χ0n) is 12.3. The Hall–Kier alpha value is -1.89. The molecular weight excluding hydrogens is 290 g/mol. The number of oxime groups is 1. The van der Waals surface area contributed by atoms with Crippen LogP contribution in [0.15, 0.2) is 22.7 Å². The van der Waals surface area contributed by atoms with Gasteiger partial charge >= 0.3 is 0 Å². The van der Waals surface area contributed by atoms with Crippen molar-refractivity contribution in [3.63, 3.8) is 0 Å². The van der Waals surface area contributed by atoms with Crippen LogP contribution in [0.5, 0.6) is 0 Å². The highest BCUT2D eigenvalue weighted by atomic mass is 32.1. The molecule has 1 aromatic rings. The molecule has 0 fully saturated rings. The van der Waals surface area contributed by atoms with E-state index in [0.29, 0.717) is 6.42 Å². The Labute approximate surface area is 127 Å². The van der Waals surface area contributed by atoms with Gasteiger partial charge in [0.15, 0.2) is 0 Å². The number of hydrogen-bond donors (Lipinski definition) is 2. The third-order valence-corrected chi connectivity index (χ3v) is 3.93. The molecule has 2 amide bonds. The van der Waals surface area contributed by atoms with E-state index in [-0.39, 0.29) is 24.4 Å². The van der Waals surface area contributed by atoms with Gasteiger partial charge in [0.25, 0.3) is 5.91 Å². The van der Waals surface area contributed by atoms with Crippen LogP contribution >= 0.6 is 11.3 Å². The molecule has 0 saturated carbocycles. The lowest BCUT2D eigenvalue weighted by atomic mass is 9.98. The van der Waals surface area contributed by atoms with Gasteiger partial charge in [-0.05, 0) is 32.2 Å². The first-order valence-corrected chi connectivity index (χ1v) is 7.65. The lowest BCUT2D eigenvalue weighted by Crippen LogP contribution is -2.48. The van der Waals surface area contributed by atoms with Gasteiger partial charge in [-0.1, -0.05) is 11.2 Å². The van der Waals surface area contributed by atoms with Crippen molar-refractivity contribution >= 4 is 28.9 Å². The molecule has 21 heavy (non-hydrogen) atoms. The zero-order valence-corrected chi connectivity index (χ0v) is 13.1. The number of amides is 2. The van der Waals surface area contributed by atoms with E-state index in [2.05, 4.69) is 15.8 Å². The van der Waals surface area contributed by atoms with Crippen LogP contribution in [0.2, 0.25) is 0 Å². The first-order valence-electron chi connectivity index (χ1n) is 6.77. The highest BCUT2D eigenvalue weighted by Crippen LogP contribution is 2.28. The van der Waals surface area contributed by atoms with Gasteiger partial charge in [-0.3, -0.25) is 9.59 Å². The molecule has 0 bridgehead atoms. The number of nitrogens with one attached hydrogen (secondary N) is 2. The van der Waals surface area contributed by atoms with Gasteiger partial charge in [0.1, 0.15) is 5.71 Å². The third kappa shape index (κ3) is 3.81. The van der Waals surface area contributed by atoms with Crippen LogP contribution in [0.1, 0.15) is 32.1 Å². The molecule has 2 rings (SSSR count). The highest BCUT2D eigenvalue weighted by molar-refractivity contribution is 7.12. The largest absolute Gasteiger partial charge is 0.379 e. The summed E-state index contributed by atoms with van der Waals surface area (Å²) in [4.78, 5) is 30.0. The Bertz CT molecular complexity index is 554. The van der Waals surface area contributed by atoms with Crippen molar-refractivity contribution in [3.8, 4) is 0 Å². The van der Waals surface area contributed by atoms with Crippen LogP contribution < -0.4 is 10.6 Å². The molecule has 1 aliphatic rings. The summed E-state index contributed by atoms with van der Waals surface area (Å²) in [7, 11) is 0. The maximum absolute atomic E-state index is 12.2. The van der Waals surface area contributed by atoms with Crippen LogP contribution in [-0.2, 0) is 14.4 Å². The van der Waals surface area contributed by atoms with E-state index in [9.17, 15) is 9.59 Å². The standard InChI is InChI=1S/C14H19N3O3S/c1-9(2)16-12(18)8-15-13(19)14(3)7-10(17-20-14)11-5-4-6-21-11/h4-6,9H,7-8H2,1-3H3,(H,15,19)(H,16,18). The summed E-state index contributed by atoms with van der Waals surface area (Å²) in [6.45, 7) is 5.33. The Balaban J connectivity index is 1.88. The molecule has 1 unspecified atom stereocenters. The summed E-state index contributed by atoms with van der Waals surface area (Å²) in [6.07, 6.45) is 0.394. The number of thiophene rings is 1. The fraction of sp³-hybridized carbons (Fsp3) is 0.500. The molecule has 2 N–H and O–H groups in total. The first-order chi connectivity index (χ1) is 9.90. The number of nitrogens with zero attached hydrogens (tertiary/aromatic N) is 1. The van der Waals surface area contributed by atoms with Crippen molar-refractivity contribution in [3.05, 3.63) is 22.4 Å². The molecule has 0 aliphatic carbocycles. The molecule has 0 radical (unpaired) electrons. The molecular formula is C14H19N3O3S. The minimum absolute atomic E-state index is 0.0430. The normalized spacial score (nSPS) is 20.9. The van der Waals surface area contributed by atoms with Crippen LogP contribution in [0, 0.1) is 0 Å². The topological polar surface area (TPSA) is 79.8 Å². The molecule has 0 spiro atoms. The van der Waals surface area contributed by atoms with Crippen LogP contribution in [0.3, 0.4) is 0 Å². The fourth-order valence-corrected chi connectivity index (χ4v) is 2.66. The lowest BCUT2D eigenvalue weighted by Gasteiger charge is -2.20. The van der Waals surface area contributed by atoms with E-state index < -0.39 is 5.60 Å². The molecule has 1 aromatic heterocycles. The molecule has 1 atom stereocenters. The Morgan fingerprint density at radius 1 is 1.52 bits per heavy atom. The molecule has 2 heterocycles. The van der Waals surface area contributed by atoms with Crippen molar-refractivity contribution in [2.24, 2.45) is 5.16 Å². The van der Waals surface area contributed by atoms with E-state index in [1.165, 1.54) is 0 Å². The van der Waals surface area contributed by atoms with E-state index in [4.69, 9.17) is 4.84 Å². The summed E-state index contributed by atoms with van der Waals surface area (Å²) in [6, 6.07) is 3.91. The second kappa shape index (κ2) is 6.26. The third-order valence-electron chi connectivity index (χ3n) is 3.01. The second-order valence-electron chi connectivity index (χ2n) is 5.42. The van der Waals surface area contributed by atoms with E-state index >= 15 is 0 Å². The van der Waals surface area contributed by atoms with Crippen LogP contribution in [0.4, 0.5) is 0 Å². The minimum atomic E-state index is -1.06. The number of carbonyl (C=O) groups excluding carboxylic acids is 2. The second-order valence-corrected chi connectivity index (χ2v) is 6.37. The lowest BCUT2D eigenvalue weighted by molar-refractivity contribution is -0.142. The van der Waals surface area contributed by atoms with Gasteiger partial charge in [0.2, 0.25) is 11.5 Å². The van der Waals surface area contributed by atoms with Crippen LogP contribution in [-0.4, -0.2) is 35.7 Å². The Kier molecular flexibility index (Phi) is 4.62. The van der Waals surface area contributed by atoms with Gasteiger partial charge in [0, 0.05) is 12.5 Å². The monoisotopic (exact) mass is 309 g/mol. The molecule has 0 aromatic carbocycles. The average molecular weight is 309 g/mol. The fourth-order valence-electron chi connectivity index (χ4n) is 1.96. The van der Waals surface area contributed by atoms with Crippen molar-refractivity contribution in [1.29, 1.82) is 0 Å². The predicted molar refractivity (Wildman–Crippen MR) is 81.3 cm³/mol. The summed E-state index contributed by atoms with van der Waals surface area (Å²) in [5.74, 6) is -0.559. The van der Waals surface area contributed by atoms with E-state index in [1.54, 1.807) is 18.3 Å². The van der Waals surface area contributed by atoms with Crippen molar-refractivity contribution in [2.75, 3.05) is 6.54 Å². The molecule has 7 heteroatoms. The zero-order chi connectivity index (χ0) is 15.5. The number of rotatable bonds is 5. The molecule has 6 nitrogen and oxygen atoms in total. The minimum Gasteiger partial charge on any atom is -0.379 e. The van der Waals surface area contributed by atoms with Gasteiger partial charge in [-0.15, -0.1) is 11.3 Å². The van der Waals surface area contributed by atoms with Gasteiger partial charge in [-0.25, -0.2) is 0 Å². The average Bonchev–Trinajstić information content (AvgIpc) is 3.04. The van der Waals surface area contributed by atoms with E-state index in [0.717, 1.165) is 10.6 Å². The first kappa shape index (κ1) is 15.5. The summed E-state index contributed by atoms with van der Waals surface area (Å²) >= 11 is 1.55. The number of carbonyl (C=O) groups is 2. The summed E-state index contributed by atoms with van der Waals surface area (Å²) in [5.41, 5.74) is -0.300. The van der Waals surface area contributed by atoms with Crippen molar-refractivity contribution < 1.29 is 14.4 Å². The Morgan fingerprint density at radius 2 is 2.29 bits per heavy atom. The molecule has 0 saturated heterocycles. The van der Waals surface area contributed by atoms with Gasteiger partial charge in [0.05, 0.1) is 11.4 Å². The van der Waals surface area contributed by atoms with Crippen molar-refractivity contribution in [2.45, 2.75) is 38.8 Å². The quantitative estimate of drug-likeness (QED) is 0.859. The maximum Gasteiger partial charge on any atom is 0.267 e. The van der Waals surface area contributed by atoms with Crippen molar-refractivity contribution in [1.82, 2.24) is 10.6 Å². The highest BCUT2D eigenvalue weighted by Gasteiger charge is 2.42. The van der Waals surface area contributed by atoms with Crippen LogP contribution in [0.25, 0.3) is 0 Å². The predicted octanol–water partition coefficient (Wildman–Crippen LogP) is 1.27. The summed E-state index contributed by atoms with van der Waals surface area (Å²) < 4.78 is 0. The SMILES string of the molecule is CC(C)NC(=O)CNC(=O)C1(C)CC(c2cccs2)=NO1. The maximum atomic E-state index is 12.2.